The van der Waals surface area contributed by atoms with E-state index in [2.05, 4.69) is 0 Å². The summed E-state index contributed by atoms with van der Waals surface area (Å²) >= 11 is 0.645. The molecule has 0 aliphatic rings. The molecular formula is C14H10F4O4S3. The molecule has 25 heavy (non-hydrogen) atoms. The van der Waals surface area contributed by atoms with E-state index in [0.717, 1.165) is 18.4 Å². The van der Waals surface area contributed by atoms with Crippen molar-refractivity contribution in [1.29, 1.82) is 0 Å². The standard InChI is InChI=1S/C14H10F4O4S3/c1-24(19,20)11-5-3-10(4-6-11)23-12-7-2-9(15)8-13(12)25(21,22)14(16,17)18/h2-8H,1H3. The van der Waals surface area contributed by atoms with Gasteiger partial charge in [0.1, 0.15) is 5.82 Å². The first kappa shape index (κ1) is 19.7. The lowest BCUT2D eigenvalue weighted by Gasteiger charge is -2.12. The van der Waals surface area contributed by atoms with Gasteiger partial charge < -0.3 is 0 Å². The molecule has 4 nitrogen and oxygen atoms in total. The quantitative estimate of drug-likeness (QED) is 0.714. The summed E-state index contributed by atoms with van der Waals surface area (Å²) < 4.78 is 97.6. The average molecular weight is 414 g/mol. The molecule has 0 N–H and O–H groups in total. The summed E-state index contributed by atoms with van der Waals surface area (Å²) in [5, 5.41) is 0. The van der Waals surface area contributed by atoms with Gasteiger partial charge in [0, 0.05) is 16.0 Å². The molecule has 0 aromatic heterocycles. The van der Waals surface area contributed by atoms with Crippen molar-refractivity contribution in [2.75, 3.05) is 6.26 Å². The first-order valence-corrected chi connectivity index (χ1v) is 10.6. The number of halogens is 4. The van der Waals surface area contributed by atoms with Gasteiger partial charge in [0.05, 0.1) is 9.79 Å². The molecule has 0 atom stereocenters. The van der Waals surface area contributed by atoms with Crippen LogP contribution < -0.4 is 0 Å². The number of rotatable bonds is 4. The second kappa shape index (κ2) is 6.61. The zero-order valence-electron chi connectivity index (χ0n) is 12.4. The molecule has 0 radical (unpaired) electrons. The lowest BCUT2D eigenvalue weighted by Crippen LogP contribution is -2.24. The molecule has 0 spiro atoms. The minimum absolute atomic E-state index is 0.000840. The zero-order valence-corrected chi connectivity index (χ0v) is 14.9. The molecule has 136 valence electrons. The van der Waals surface area contributed by atoms with Crippen LogP contribution >= 0.6 is 11.8 Å². The van der Waals surface area contributed by atoms with E-state index in [0.29, 0.717) is 17.8 Å². The van der Waals surface area contributed by atoms with Gasteiger partial charge >= 0.3 is 5.51 Å². The van der Waals surface area contributed by atoms with Crippen LogP contribution in [0, 0.1) is 5.82 Å². The van der Waals surface area contributed by atoms with Crippen molar-refractivity contribution in [3.8, 4) is 0 Å². The lowest BCUT2D eigenvalue weighted by atomic mass is 10.3. The average Bonchev–Trinajstić information content (AvgIpc) is 2.47. The molecule has 0 unspecified atom stereocenters. The third-order valence-corrected chi connectivity index (χ3v) is 6.85. The number of hydrogen-bond acceptors (Lipinski definition) is 5. The van der Waals surface area contributed by atoms with E-state index in [1.165, 1.54) is 24.3 Å². The smallest absolute Gasteiger partial charge is 0.224 e. The summed E-state index contributed by atoms with van der Waals surface area (Å²) in [5.41, 5.74) is -5.57. The molecule has 0 aliphatic heterocycles. The summed E-state index contributed by atoms with van der Waals surface area (Å²) in [7, 11) is -9.19. The molecule has 0 saturated carbocycles. The van der Waals surface area contributed by atoms with Crippen LogP contribution in [-0.2, 0) is 19.7 Å². The van der Waals surface area contributed by atoms with E-state index in [1.54, 1.807) is 0 Å². The van der Waals surface area contributed by atoms with Gasteiger partial charge in [-0.3, -0.25) is 0 Å². The van der Waals surface area contributed by atoms with Gasteiger partial charge in [-0.15, -0.1) is 0 Å². The van der Waals surface area contributed by atoms with Gasteiger partial charge in [-0.1, -0.05) is 11.8 Å². The Bertz CT molecular complexity index is 995. The van der Waals surface area contributed by atoms with Gasteiger partial charge in [-0.25, -0.2) is 21.2 Å². The van der Waals surface area contributed by atoms with Gasteiger partial charge in [0.25, 0.3) is 9.84 Å². The van der Waals surface area contributed by atoms with E-state index < -0.39 is 35.9 Å². The fourth-order valence-corrected chi connectivity index (χ4v) is 4.54. The van der Waals surface area contributed by atoms with Crippen LogP contribution in [0.15, 0.2) is 62.0 Å². The Labute approximate surface area is 145 Å². The summed E-state index contributed by atoms with van der Waals surface area (Å²) in [5.74, 6) is -1.13. The normalized spacial score (nSPS) is 13.0. The van der Waals surface area contributed by atoms with Crippen molar-refractivity contribution in [2.45, 2.75) is 25.1 Å². The van der Waals surface area contributed by atoms with E-state index in [9.17, 15) is 34.4 Å². The number of alkyl halides is 3. The molecule has 0 amide bonds. The van der Waals surface area contributed by atoms with Crippen molar-refractivity contribution < 1.29 is 34.4 Å². The molecule has 0 bridgehead atoms. The van der Waals surface area contributed by atoms with Gasteiger partial charge in [0.15, 0.2) is 9.84 Å². The first-order valence-electron chi connectivity index (χ1n) is 6.41. The van der Waals surface area contributed by atoms with Crippen molar-refractivity contribution in [3.05, 3.63) is 48.3 Å². The fraction of sp³-hybridized carbons (Fsp3) is 0.143. The Kier molecular flexibility index (Phi) is 5.22. The van der Waals surface area contributed by atoms with Crippen LogP contribution in [0.4, 0.5) is 17.6 Å². The lowest BCUT2D eigenvalue weighted by molar-refractivity contribution is -0.0437. The molecule has 2 rings (SSSR count). The molecule has 0 aliphatic carbocycles. The fourth-order valence-electron chi connectivity index (χ4n) is 1.78. The maximum atomic E-state index is 13.3. The van der Waals surface area contributed by atoms with Gasteiger partial charge in [-0.05, 0) is 42.5 Å². The monoisotopic (exact) mass is 414 g/mol. The molecule has 11 heteroatoms. The number of hydrogen-bond donors (Lipinski definition) is 0. The summed E-state index contributed by atoms with van der Waals surface area (Å²) in [6, 6.07) is 7.16. The predicted octanol–water partition coefficient (Wildman–Crippen LogP) is 3.67. The van der Waals surface area contributed by atoms with Crippen LogP contribution in [0.25, 0.3) is 0 Å². The highest BCUT2D eigenvalue weighted by Crippen LogP contribution is 2.39. The SMILES string of the molecule is CS(=O)(=O)c1ccc(Sc2ccc(F)cc2S(=O)(=O)C(F)(F)F)cc1. The van der Waals surface area contributed by atoms with E-state index in [4.69, 9.17) is 0 Å². The third kappa shape index (κ3) is 4.33. The molecule has 2 aromatic rings. The Balaban J connectivity index is 2.48. The molecule has 2 aromatic carbocycles. The maximum absolute atomic E-state index is 13.3. The summed E-state index contributed by atoms with van der Waals surface area (Å²) in [6.45, 7) is 0. The Morgan fingerprint density at radius 2 is 1.48 bits per heavy atom. The van der Waals surface area contributed by atoms with Crippen molar-refractivity contribution in [1.82, 2.24) is 0 Å². The Morgan fingerprint density at radius 1 is 0.920 bits per heavy atom. The van der Waals surface area contributed by atoms with Crippen LogP contribution in [0.3, 0.4) is 0 Å². The zero-order chi connectivity index (χ0) is 19.0. The summed E-state index contributed by atoms with van der Waals surface area (Å²) in [4.78, 5) is -1.24. The highest BCUT2D eigenvalue weighted by molar-refractivity contribution is 8.00. The van der Waals surface area contributed by atoms with E-state index in [1.807, 2.05) is 0 Å². The maximum Gasteiger partial charge on any atom is 0.501 e. The van der Waals surface area contributed by atoms with Gasteiger partial charge in [-0.2, -0.15) is 13.2 Å². The second-order valence-corrected chi connectivity index (χ2v) is 9.93. The second-order valence-electron chi connectivity index (χ2n) is 4.89. The highest BCUT2D eigenvalue weighted by atomic mass is 32.2. The highest BCUT2D eigenvalue weighted by Gasteiger charge is 2.48. The third-order valence-electron chi connectivity index (χ3n) is 2.98. The minimum atomic E-state index is -5.74. The van der Waals surface area contributed by atoms with Gasteiger partial charge in [0.2, 0.25) is 0 Å². The van der Waals surface area contributed by atoms with E-state index in [-0.39, 0.29) is 14.7 Å². The minimum Gasteiger partial charge on any atom is -0.224 e. The topological polar surface area (TPSA) is 68.3 Å². The largest absolute Gasteiger partial charge is 0.501 e. The molecule has 0 saturated heterocycles. The van der Waals surface area contributed by atoms with Crippen molar-refractivity contribution in [2.24, 2.45) is 0 Å². The van der Waals surface area contributed by atoms with Crippen LogP contribution in [0.5, 0.6) is 0 Å². The number of sulfone groups is 2. The Morgan fingerprint density at radius 3 is 1.96 bits per heavy atom. The number of benzene rings is 2. The summed E-state index contributed by atoms with van der Waals surface area (Å²) in [6.07, 6.45) is 0.989. The molecule has 0 fully saturated rings. The van der Waals surface area contributed by atoms with Crippen LogP contribution in [0.1, 0.15) is 0 Å². The van der Waals surface area contributed by atoms with Crippen LogP contribution in [0.2, 0.25) is 0 Å². The first-order chi connectivity index (χ1) is 11.3. The van der Waals surface area contributed by atoms with E-state index >= 15 is 0 Å². The van der Waals surface area contributed by atoms with Crippen LogP contribution in [-0.4, -0.2) is 28.6 Å². The van der Waals surface area contributed by atoms with Crippen molar-refractivity contribution in [3.63, 3.8) is 0 Å². The predicted molar refractivity (Wildman–Crippen MR) is 83.3 cm³/mol. The van der Waals surface area contributed by atoms with Crippen molar-refractivity contribution >= 4 is 31.4 Å². The molecule has 0 heterocycles. The Hall–Kier alpha value is -1.59. The molecular weight excluding hydrogens is 404 g/mol.